The van der Waals surface area contributed by atoms with Gasteiger partial charge in [-0.1, -0.05) is 13.8 Å². The number of methoxy groups -OCH3 is 2. The first kappa shape index (κ1) is 21.3. The van der Waals surface area contributed by atoms with E-state index in [2.05, 4.69) is 5.32 Å². The van der Waals surface area contributed by atoms with E-state index in [9.17, 15) is 19.5 Å². The molecule has 2 N–H and O–H groups in total. The lowest BCUT2D eigenvalue weighted by Crippen LogP contribution is -2.42. The zero-order chi connectivity index (χ0) is 21.0. The van der Waals surface area contributed by atoms with E-state index in [1.165, 1.54) is 14.2 Å². The van der Waals surface area contributed by atoms with Crippen LogP contribution in [-0.4, -0.2) is 37.2 Å². The van der Waals surface area contributed by atoms with Crippen LogP contribution in [0.2, 0.25) is 0 Å². The number of carbonyl (C=O) groups excluding carboxylic acids is 1. The third-order valence-corrected chi connectivity index (χ3v) is 4.48. The largest absolute Gasteiger partial charge is 0.493 e. The SMILES string of the molecule is COc1ccc2c(C)c(CC(=O)N[C@@H](CC(C)C)C(=O)O)c(=O)oc2c1OC. The number of ether oxygens (including phenoxy) is 2. The van der Waals surface area contributed by atoms with Crippen LogP contribution in [0.1, 0.15) is 31.4 Å². The van der Waals surface area contributed by atoms with Crippen molar-refractivity contribution in [3.63, 3.8) is 0 Å². The normalized spacial score (nSPS) is 12.1. The van der Waals surface area contributed by atoms with Gasteiger partial charge in [0.25, 0.3) is 0 Å². The van der Waals surface area contributed by atoms with Gasteiger partial charge in [-0.2, -0.15) is 0 Å². The average Bonchev–Trinajstić information content (AvgIpc) is 2.63. The third kappa shape index (κ3) is 4.44. The predicted molar refractivity (Wildman–Crippen MR) is 103 cm³/mol. The number of carbonyl (C=O) groups is 2. The molecular weight excluding hydrogens is 366 g/mol. The summed E-state index contributed by atoms with van der Waals surface area (Å²) in [6, 6.07) is 2.39. The molecule has 1 amide bonds. The summed E-state index contributed by atoms with van der Waals surface area (Å²) in [6.45, 7) is 5.44. The lowest BCUT2D eigenvalue weighted by atomic mass is 10.0. The van der Waals surface area contributed by atoms with Crippen molar-refractivity contribution < 1.29 is 28.6 Å². The van der Waals surface area contributed by atoms with E-state index in [0.29, 0.717) is 28.9 Å². The minimum Gasteiger partial charge on any atom is -0.493 e. The van der Waals surface area contributed by atoms with Crippen LogP contribution in [0.25, 0.3) is 11.0 Å². The fourth-order valence-corrected chi connectivity index (χ4v) is 3.07. The van der Waals surface area contributed by atoms with Crippen LogP contribution in [0.4, 0.5) is 0 Å². The van der Waals surface area contributed by atoms with E-state index in [0.717, 1.165) is 0 Å². The highest BCUT2D eigenvalue weighted by Gasteiger charge is 2.24. The fraction of sp³-hybridized carbons (Fsp3) is 0.450. The number of aryl methyl sites for hydroxylation is 1. The molecule has 1 atom stereocenters. The molecule has 0 aliphatic carbocycles. The Morgan fingerprint density at radius 1 is 1.21 bits per heavy atom. The van der Waals surface area contributed by atoms with Crippen LogP contribution in [-0.2, 0) is 16.0 Å². The van der Waals surface area contributed by atoms with E-state index in [1.807, 2.05) is 13.8 Å². The van der Waals surface area contributed by atoms with E-state index in [1.54, 1.807) is 19.1 Å². The van der Waals surface area contributed by atoms with E-state index >= 15 is 0 Å². The predicted octanol–water partition coefficient (Wildman–Crippen LogP) is 2.28. The molecule has 0 radical (unpaired) electrons. The average molecular weight is 391 g/mol. The van der Waals surface area contributed by atoms with Crippen molar-refractivity contribution in [2.75, 3.05) is 14.2 Å². The molecular formula is C20H25NO7. The van der Waals surface area contributed by atoms with Crippen LogP contribution in [0.5, 0.6) is 11.5 Å². The van der Waals surface area contributed by atoms with Crippen molar-refractivity contribution in [1.29, 1.82) is 0 Å². The summed E-state index contributed by atoms with van der Waals surface area (Å²) in [4.78, 5) is 36.2. The van der Waals surface area contributed by atoms with Crippen LogP contribution in [0, 0.1) is 12.8 Å². The second kappa shape index (κ2) is 8.77. The van der Waals surface area contributed by atoms with Gasteiger partial charge in [0, 0.05) is 5.39 Å². The molecule has 152 valence electrons. The molecule has 0 saturated heterocycles. The van der Waals surface area contributed by atoms with Gasteiger partial charge >= 0.3 is 11.6 Å². The number of hydrogen-bond donors (Lipinski definition) is 2. The van der Waals surface area contributed by atoms with Crippen LogP contribution in [0.3, 0.4) is 0 Å². The summed E-state index contributed by atoms with van der Waals surface area (Å²) in [6.07, 6.45) is 0.0176. The Balaban J connectivity index is 2.39. The molecule has 0 spiro atoms. The number of carboxylic acids is 1. The molecule has 8 heteroatoms. The van der Waals surface area contributed by atoms with E-state index in [-0.39, 0.29) is 23.5 Å². The molecule has 1 aromatic heterocycles. The Morgan fingerprint density at radius 2 is 1.89 bits per heavy atom. The van der Waals surface area contributed by atoms with Crippen LogP contribution in [0.15, 0.2) is 21.3 Å². The summed E-state index contributed by atoms with van der Waals surface area (Å²) in [7, 11) is 2.91. The summed E-state index contributed by atoms with van der Waals surface area (Å²) in [5.74, 6) is -0.860. The number of nitrogens with one attached hydrogen (secondary N) is 1. The maximum Gasteiger partial charge on any atom is 0.340 e. The molecule has 0 fully saturated rings. The number of hydrogen-bond acceptors (Lipinski definition) is 6. The van der Waals surface area contributed by atoms with Gasteiger partial charge in [0.05, 0.1) is 26.2 Å². The first-order chi connectivity index (χ1) is 13.2. The zero-order valence-electron chi connectivity index (χ0n) is 16.6. The summed E-state index contributed by atoms with van der Waals surface area (Å²) >= 11 is 0. The number of fused-ring (bicyclic) bond motifs is 1. The standard InChI is InChI=1S/C20H25NO7/c1-10(2)8-14(19(23)24)21-16(22)9-13-11(3)12-6-7-15(26-4)18(27-5)17(12)28-20(13)25/h6-7,10,14H,8-9H2,1-5H3,(H,21,22)(H,23,24)/t14-/m0/s1. The van der Waals surface area contributed by atoms with Gasteiger partial charge in [-0.3, -0.25) is 4.79 Å². The third-order valence-electron chi connectivity index (χ3n) is 4.48. The highest BCUT2D eigenvalue weighted by Crippen LogP contribution is 2.36. The Bertz CT molecular complexity index is 946. The van der Waals surface area contributed by atoms with Crippen molar-refractivity contribution in [3.05, 3.63) is 33.7 Å². The molecule has 0 aliphatic heterocycles. The lowest BCUT2D eigenvalue weighted by molar-refractivity contribution is -0.142. The smallest absolute Gasteiger partial charge is 0.340 e. The molecule has 1 aromatic carbocycles. The van der Waals surface area contributed by atoms with Crippen LogP contribution < -0.4 is 20.4 Å². The summed E-state index contributed by atoms with van der Waals surface area (Å²) < 4.78 is 15.9. The number of carboxylic acid groups (broad SMARTS) is 1. The minimum absolute atomic E-state index is 0.0938. The van der Waals surface area contributed by atoms with Gasteiger partial charge in [-0.15, -0.1) is 0 Å². The molecule has 2 aromatic rings. The minimum atomic E-state index is -1.11. The molecule has 1 heterocycles. The molecule has 2 rings (SSSR count). The summed E-state index contributed by atoms with van der Waals surface area (Å²) in [5.41, 5.74) is 0.295. The topological polar surface area (TPSA) is 115 Å². The highest BCUT2D eigenvalue weighted by molar-refractivity contribution is 5.90. The number of amides is 1. The molecule has 0 aliphatic rings. The molecule has 8 nitrogen and oxygen atoms in total. The zero-order valence-corrected chi connectivity index (χ0v) is 16.6. The quantitative estimate of drug-likeness (QED) is 0.663. The van der Waals surface area contributed by atoms with Gasteiger partial charge in [-0.25, -0.2) is 9.59 Å². The number of benzene rings is 1. The van der Waals surface area contributed by atoms with Crippen molar-refractivity contribution in [2.45, 2.75) is 39.7 Å². The lowest BCUT2D eigenvalue weighted by Gasteiger charge is -2.17. The maximum absolute atomic E-state index is 12.5. The van der Waals surface area contributed by atoms with E-state index in [4.69, 9.17) is 13.9 Å². The Hall–Kier alpha value is -3.03. The summed E-state index contributed by atoms with van der Waals surface area (Å²) in [5, 5.41) is 12.4. The molecule has 0 unspecified atom stereocenters. The second-order valence-corrected chi connectivity index (χ2v) is 6.94. The van der Waals surface area contributed by atoms with Crippen molar-refractivity contribution in [3.8, 4) is 11.5 Å². The van der Waals surface area contributed by atoms with Crippen molar-refractivity contribution in [2.24, 2.45) is 5.92 Å². The first-order valence-corrected chi connectivity index (χ1v) is 8.89. The van der Waals surface area contributed by atoms with Gasteiger partial charge in [0.15, 0.2) is 11.3 Å². The van der Waals surface area contributed by atoms with Gasteiger partial charge in [0.2, 0.25) is 11.7 Å². The maximum atomic E-state index is 12.5. The van der Waals surface area contributed by atoms with Gasteiger partial charge in [0.1, 0.15) is 6.04 Å². The van der Waals surface area contributed by atoms with Crippen molar-refractivity contribution in [1.82, 2.24) is 5.32 Å². The Kier molecular flexibility index (Phi) is 6.66. The number of rotatable bonds is 8. The van der Waals surface area contributed by atoms with Crippen molar-refractivity contribution >= 4 is 22.8 Å². The van der Waals surface area contributed by atoms with E-state index < -0.39 is 23.5 Å². The van der Waals surface area contributed by atoms with Gasteiger partial charge in [-0.05, 0) is 37.0 Å². The fourth-order valence-electron chi connectivity index (χ4n) is 3.07. The molecule has 0 saturated carbocycles. The molecule has 0 bridgehead atoms. The van der Waals surface area contributed by atoms with Crippen LogP contribution >= 0.6 is 0 Å². The second-order valence-electron chi connectivity index (χ2n) is 6.94. The Labute approximate surface area is 162 Å². The first-order valence-electron chi connectivity index (χ1n) is 8.89. The van der Waals surface area contributed by atoms with Gasteiger partial charge < -0.3 is 24.3 Å². The number of aliphatic carboxylic acids is 1. The Morgan fingerprint density at radius 3 is 2.43 bits per heavy atom. The molecule has 28 heavy (non-hydrogen) atoms. The monoisotopic (exact) mass is 391 g/mol. The highest BCUT2D eigenvalue weighted by atomic mass is 16.5.